The second-order valence-electron chi connectivity index (χ2n) is 3.37. The number of aryl methyl sites for hydroxylation is 1. The molecule has 0 fully saturated rings. The number of aromatic nitrogens is 2. The number of H-pyrrole nitrogens is 1. The van der Waals surface area contributed by atoms with E-state index in [2.05, 4.69) is 10.2 Å². The maximum Gasteiger partial charge on any atom is 0.306 e. The van der Waals surface area contributed by atoms with Gasteiger partial charge in [-0.15, -0.1) is 0 Å². The van der Waals surface area contributed by atoms with Gasteiger partial charge in [-0.1, -0.05) is 13.8 Å². The molecule has 2 atom stereocenters. The first-order valence-electron chi connectivity index (χ1n) is 4.26. The lowest BCUT2D eigenvalue weighted by atomic mass is 9.89. The van der Waals surface area contributed by atoms with Crippen LogP contribution in [0.1, 0.15) is 31.0 Å². The van der Waals surface area contributed by atoms with Gasteiger partial charge in [-0.3, -0.25) is 9.89 Å². The molecular weight excluding hydrogens is 168 g/mol. The van der Waals surface area contributed by atoms with Crippen molar-refractivity contribution in [1.29, 1.82) is 0 Å². The Morgan fingerprint density at radius 1 is 1.62 bits per heavy atom. The quantitative estimate of drug-likeness (QED) is 0.745. The molecule has 72 valence electrons. The maximum atomic E-state index is 10.7. The van der Waals surface area contributed by atoms with E-state index in [0.29, 0.717) is 0 Å². The molecule has 1 heterocycles. The lowest BCUT2D eigenvalue weighted by Gasteiger charge is -2.14. The normalized spacial score (nSPS) is 15.3. The topological polar surface area (TPSA) is 66.0 Å². The number of nitrogens with zero attached hydrogens (tertiary/aromatic N) is 1. The molecular formula is C9H14N2O2. The van der Waals surface area contributed by atoms with Crippen molar-refractivity contribution in [2.45, 2.75) is 26.7 Å². The van der Waals surface area contributed by atoms with E-state index < -0.39 is 5.97 Å². The highest BCUT2D eigenvalue weighted by atomic mass is 16.4. The second-order valence-corrected chi connectivity index (χ2v) is 3.37. The fourth-order valence-electron chi connectivity index (χ4n) is 1.30. The lowest BCUT2D eigenvalue weighted by molar-refractivity contribution is -0.141. The van der Waals surface area contributed by atoms with Crippen molar-refractivity contribution in [3.8, 4) is 0 Å². The molecule has 13 heavy (non-hydrogen) atoms. The first-order valence-corrected chi connectivity index (χ1v) is 4.26. The Morgan fingerprint density at radius 2 is 2.23 bits per heavy atom. The Labute approximate surface area is 77.0 Å². The number of hydrogen-bond donors (Lipinski definition) is 2. The minimum Gasteiger partial charge on any atom is -0.481 e. The number of aliphatic carboxylic acids is 1. The minimum absolute atomic E-state index is 0.00347. The number of aromatic amines is 1. The lowest BCUT2D eigenvalue weighted by Crippen LogP contribution is -2.16. The van der Waals surface area contributed by atoms with Crippen molar-refractivity contribution < 1.29 is 9.90 Å². The van der Waals surface area contributed by atoms with Crippen LogP contribution in [0.2, 0.25) is 0 Å². The summed E-state index contributed by atoms with van der Waals surface area (Å²) in [4.78, 5) is 10.7. The Balaban J connectivity index is 2.85. The summed E-state index contributed by atoms with van der Waals surface area (Å²) < 4.78 is 0. The van der Waals surface area contributed by atoms with Crippen LogP contribution in [0.4, 0.5) is 0 Å². The van der Waals surface area contributed by atoms with Crippen LogP contribution < -0.4 is 0 Å². The molecule has 0 aromatic carbocycles. The maximum absolute atomic E-state index is 10.7. The first kappa shape index (κ1) is 9.77. The largest absolute Gasteiger partial charge is 0.481 e. The zero-order chi connectivity index (χ0) is 10.0. The number of carboxylic acid groups (broad SMARTS) is 1. The molecule has 0 aliphatic carbocycles. The molecule has 0 radical (unpaired) electrons. The fraction of sp³-hybridized carbons (Fsp3) is 0.556. The average molecular weight is 182 g/mol. The molecule has 1 aromatic heterocycles. The Kier molecular flexibility index (Phi) is 2.70. The van der Waals surface area contributed by atoms with E-state index in [1.54, 1.807) is 13.1 Å². The summed E-state index contributed by atoms with van der Waals surface area (Å²) in [6.07, 6.45) is 1.69. The minimum atomic E-state index is -0.770. The Hall–Kier alpha value is -1.32. The number of nitrogens with one attached hydrogen (secondary N) is 1. The van der Waals surface area contributed by atoms with Gasteiger partial charge in [-0.05, 0) is 18.4 Å². The first-order chi connectivity index (χ1) is 6.04. The van der Waals surface area contributed by atoms with Crippen molar-refractivity contribution in [3.05, 3.63) is 17.5 Å². The smallest absolute Gasteiger partial charge is 0.306 e. The van der Waals surface area contributed by atoms with E-state index in [-0.39, 0.29) is 11.8 Å². The van der Waals surface area contributed by atoms with Gasteiger partial charge >= 0.3 is 5.97 Å². The molecule has 0 amide bonds. The molecule has 0 saturated heterocycles. The van der Waals surface area contributed by atoms with Crippen LogP contribution in [-0.2, 0) is 4.79 Å². The molecule has 0 bridgehead atoms. The van der Waals surface area contributed by atoms with Gasteiger partial charge in [0.1, 0.15) is 0 Å². The van der Waals surface area contributed by atoms with Crippen LogP contribution in [0, 0.1) is 12.8 Å². The molecule has 0 aliphatic heterocycles. The van der Waals surface area contributed by atoms with Gasteiger partial charge in [-0.25, -0.2) is 0 Å². The third-order valence-electron chi connectivity index (χ3n) is 2.50. The average Bonchev–Trinajstić information content (AvgIpc) is 2.48. The second kappa shape index (κ2) is 3.60. The molecule has 4 nitrogen and oxygen atoms in total. The molecule has 1 rings (SSSR count). The summed E-state index contributed by atoms with van der Waals surface area (Å²) in [5, 5.41) is 15.5. The molecule has 4 heteroatoms. The van der Waals surface area contributed by atoms with Gasteiger partial charge in [0.15, 0.2) is 0 Å². The number of hydrogen-bond acceptors (Lipinski definition) is 2. The highest BCUT2D eigenvalue weighted by Gasteiger charge is 2.22. The van der Waals surface area contributed by atoms with Crippen molar-refractivity contribution >= 4 is 5.97 Å². The highest BCUT2D eigenvalue weighted by molar-refractivity contribution is 5.70. The van der Waals surface area contributed by atoms with E-state index in [1.165, 1.54) is 0 Å². The zero-order valence-corrected chi connectivity index (χ0v) is 8.03. The Morgan fingerprint density at radius 3 is 2.62 bits per heavy atom. The highest BCUT2D eigenvalue weighted by Crippen LogP contribution is 2.25. The van der Waals surface area contributed by atoms with Crippen LogP contribution in [0.25, 0.3) is 0 Å². The standard InChI is InChI=1S/C9H14N2O2/c1-5(6(2)9(12)13)8-4-10-11-7(8)3/h4-6H,1-3H3,(H,10,11)(H,12,13). The van der Waals surface area contributed by atoms with Crippen molar-refractivity contribution in [1.82, 2.24) is 10.2 Å². The molecule has 2 unspecified atom stereocenters. The summed E-state index contributed by atoms with van der Waals surface area (Å²) in [5.74, 6) is -1.15. The van der Waals surface area contributed by atoms with E-state index in [4.69, 9.17) is 5.11 Å². The van der Waals surface area contributed by atoms with Crippen LogP contribution in [-0.4, -0.2) is 21.3 Å². The molecule has 0 saturated carbocycles. The van der Waals surface area contributed by atoms with Crippen LogP contribution >= 0.6 is 0 Å². The third kappa shape index (κ3) is 1.88. The van der Waals surface area contributed by atoms with Gasteiger partial charge in [0.25, 0.3) is 0 Å². The number of carbonyl (C=O) groups is 1. The summed E-state index contributed by atoms with van der Waals surface area (Å²) in [6, 6.07) is 0. The van der Waals surface area contributed by atoms with Crippen molar-refractivity contribution in [2.24, 2.45) is 5.92 Å². The van der Waals surface area contributed by atoms with E-state index in [0.717, 1.165) is 11.3 Å². The van der Waals surface area contributed by atoms with E-state index in [1.807, 2.05) is 13.8 Å². The zero-order valence-electron chi connectivity index (χ0n) is 8.03. The predicted octanol–water partition coefficient (Wildman–Crippen LogP) is 1.54. The third-order valence-corrected chi connectivity index (χ3v) is 2.50. The van der Waals surface area contributed by atoms with Crippen LogP contribution in [0.3, 0.4) is 0 Å². The van der Waals surface area contributed by atoms with Crippen LogP contribution in [0.15, 0.2) is 6.20 Å². The number of carboxylic acids is 1. The van der Waals surface area contributed by atoms with Gasteiger partial charge in [-0.2, -0.15) is 5.10 Å². The van der Waals surface area contributed by atoms with Crippen LogP contribution in [0.5, 0.6) is 0 Å². The van der Waals surface area contributed by atoms with E-state index in [9.17, 15) is 4.79 Å². The van der Waals surface area contributed by atoms with Crippen molar-refractivity contribution in [2.75, 3.05) is 0 Å². The SMILES string of the molecule is Cc1[nH]ncc1C(C)C(C)C(=O)O. The predicted molar refractivity (Wildman–Crippen MR) is 48.5 cm³/mol. The summed E-state index contributed by atoms with van der Waals surface area (Å²) >= 11 is 0. The number of rotatable bonds is 3. The van der Waals surface area contributed by atoms with Crippen molar-refractivity contribution in [3.63, 3.8) is 0 Å². The molecule has 0 aliphatic rings. The molecule has 1 aromatic rings. The van der Waals surface area contributed by atoms with Gasteiger partial charge in [0.2, 0.25) is 0 Å². The van der Waals surface area contributed by atoms with E-state index >= 15 is 0 Å². The monoisotopic (exact) mass is 182 g/mol. The molecule has 2 N–H and O–H groups in total. The molecule has 0 spiro atoms. The van der Waals surface area contributed by atoms with Gasteiger partial charge in [0.05, 0.1) is 12.1 Å². The summed E-state index contributed by atoms with van der Waals surface area (Å²) in [6.45, 7) is 5.50. The van der Waals surface area contributed by atoms with Gasteiger partial charge < -0.3 is 5.11 Å². The fourth-order valence-corrected chi connectivity index (χ4v) is 1.30. The summed E-state index contributed by atoms with van der Waals surface area (Å²) in [7, 11) is 0. The summed E-state index contributed by atoms with van der Waals surface area (Å²) in [5.41, 5.74) is 1.93. The van der Waals surface area contributed by atoms with Gasteiger partial charge in [0, 0.05) is 5.69 Å². The Bertz CT molecular complexity index is 306.